The van der Waals surface area contributed by atoms with E-state index in [4.69, 9.17) is 15.6 Å². The van der Waals surface area contributed by atoms with Crippen LogP contribution >= 0.6 is 37.9 Å². The summed E-state index contributed by atoms with van der Waals surface area (Å²) in [6.45, 7) is 0. The van der Waals surface area contributed by atoms with E-state index in [1.165, 1.54) is 12.1 Å². The molecule has 0 atom stereocenters. The first-order valence-electron chi connectivity index (χ1n) is 5.58. The molecule has 126 valence electrons. The Labute approximate surface area is 144 Å². The summed E-state index contributed by atoms with van der Waals surface area (Å²) in [6.07, 6.45) is -4.75. The van der Waals surface area contributed by atoms with E-state index >= 15 is 0 Å². The molecule has 0 saturated carbocycles. The van der Waals surface area contributed by atoms with Crippen LogP contribution in [0.5, 0.6) is 5.88 Å². The van der Waals surface area contributed by atoms with E-state index in [0.29, 0.717) is 6.20 Å². The van der Waals surface area contributed by atoms with Gasteiger partial charge in [-0.25, -0.2) is 9.79 Å². The number of ether oxygens (including phenoxy) is 1. The lowest BCUT2D eigenvalue weighted by molar-refractivity contribution is -0.132. The predicted octanol–water partition coefficient (Wildman–Crippen LogP) is 2.42. The number of rotatable bonds is 5. The number of nitrogens with zero attached hydrogens (tertiary/aromatic N) is 2. The number of halogens is 3. The fourth-order valence-corrected chi connectivity index (χ4v) is 1.59. The zero-order valence-electron chi connectivity index (χ0n) is 11.0. The van der Waals surface area contributed by atoms with Crippen LogP contribution in [-0.4, -0.2) is 31.5 Å². The van der Waals surface area contributed by atoms with Crippen molar-refractivity contribution in [1.82, 2.24) is 4.98 Å². The van der Waals surface area contributed by atoms with Crippen LogP contribution in [0.25, 0.3) is 0 Å². The summed E-state index contributed by atoms with van der Waals surface area (Å²) in [5.41, 5.74) is 2.03. The zero-order chi connectivity index (χ0) is 17.8. The fraction of sp³-hybridized carbons (Fsp3) is 0.182. The van der Waals surface area contributed by atoms with Crippen molar-refractivity contribution >= 4 is 55.4 Å². The molecule has 0 aliphatic heterocycles. The van der Waals surface area contributed by atoms with E-state index in [2.05, 4.69) is 47.9 Å². The average Bonchev–Trinajstić information content (AvgIpc) is 2.35. The number of pyridine rings is 1. The lowest BCUT2D eigenvalue weighted by Gasteiger charge is -2.17. The summed E-state index contributed by atoms with van der Waals surface area (Å²) in [4.78, 5) is 17.7. The molecule has 0 unspecified atom stereocenters. The van der Waals surface area contributed by atoms with Gasteiger partial charge in [0.2, 0.25) is 9.48 Å². The maximum atomic E-state index is 13.0. The van der Waals surface area contributed by atoms with Crippen LogP contribution < -0.4 is 10.5 Å². The minimum absolute atomic E-state index is 0.165. The second-order valence-corrected chi connectivity index (χ2v) is 6.80. The summed E-state index contributed by atoms with van der Waals surface area (Å²) in [5.74, 6) is -2.49. The van der Waals surface area contributed by atoms with Gasteiger partial charge in [0, 0.05) is 12.3 Å². The number of carbonyl (C=O) groups is 1. The van der Waals surface area contributed by atoms with Crippen molar-refractivity contribution in [2.45, 2.75) is 9.77 Å². The van der Waals surface area contributed by atoms with Gasteiger partial charge in [0.1, 0.15) is 5.57 Å². The van der Waals surface area contributed by atoms with Gasteiger partial charge in [-0.05, 0) is 6.07 Å². The molecule has 0 aliphatic rings. The average molecular weight is 385 g/mol. The summed E-state index contributed by atoms with van der Waals surface area (Å²) < 4.78 is 42.5. The second-order valence-electron chi connectivity index (χ2n) is 3.85. The Bertz CT molecular complexity index is 657. The third kappa shape index (κ3) is 6.23. The Hall–Kier alpha value is -1.53. The monoisotopic (exact) mass is 385 g/mol. The molecule has 23 heavy (non-hydrogen) atoms. The molecule has 0 aromatic carbocycles. The fourth-order valence-electron chi connectivity index (χ4n) is 1.31. The number of hydrogen-bond donors (Lipinski definition) is 5. The van der Waals surface area contributed by atoms with Gasteiger partial charge in [0.05, 0.1) is 0 Å². The molecule has 0 fully saturated rings. The van der Waals surface area contributed by atoms with E-state index in [-0.39, 0.29) is 5.88 Å². The van der Waals surface area contributed by atoms with Crippen LogP contribution in [0.1, 0.15) is 0 Å². The molecule has 1 rings (SSSR count). The Morgan fingerprint density at radius 2 is 1.96 bits per heavy atom. The van der Waals surface area contributed by atoms with Crippen molar-refractivity contribution in [2.75, 3.05) is 0 Å². The van der Waals surface area contributed by atoms with Crippen molar-refractivity contribution < 1.29 is 27.8 Å². The highest BCUT2D eigenvalue weighted by atomic mass is 32.2. The van der Waals surface area contributed by atoms with E-state index in [1.807, 2.05) is 0 Å². The van der Waals surface area contributed by atoms with E-state index in [0.717, 1.165) is 6.07 Å². The first kappa shape index (κ1) is 19.5. The van der Waals surface area contributed by atoms with Gasteiger partial charge in [0.15, 0.2) is 11.5 Å². The Balaban J connectivity index is 3.33. The van der Waals surface area contributed by atoms with Gasteiger partial charge in [-0.2, -0.15) is 18.2 Å². The standard InChI is InChI=1S/C11H10F3N3O3S3/c12-10(13,14)8(5(4-15)9(18)19)17-6-2-1-3-7(16-6)20-11(21,22)23/h1-4,21-23H,15H2,(H,18,19)/b5-4+,17-8?. The molecular formula is C11H10F3N3O3S3. The molecule has 0 amide bonds. The summed E-state index contributed by atoms with van der Waals surface area (Å²) in [5, 5.41) is 8.79. The summed E-state index contributed by atoms with van der Waals surface area (Å²) >= 11 is 11.5. The minimum atomic E-state index is -5.05. The highest BCUT2D eigenvalue weighted by Crippen LogP contribution is 2.29. The number of carboxylic acids is 1. The minimum Gasteiger partial charge on any atom is -0.478 e. The van der Waals surface area contributed by atoms with Crippen molar-refractivity contribution in [2.24, 2.45) is 10.7 Å². The topological polar surface area (TPSA) is 97.8 Å². The van der Waals surface area contributed by atoms with E-state index in [1.54, 1.807) is 0 Å². The van der Waals surface area contributed by atoms with Crippen molar-refractivity contribution in [3.05, 3.63) is 30.0 Å². The Morgan fingerprint density at radius 3 is 2.39 bits per heavy atom. The van der Waals surface area contributed by atoms with Crippen LogP contribution in [0.3, 0.4) is 0 Å². The molecule has 0 aliphatic carbocycles. The molecule has 0 spiro atoms. The largest absolute Gasteiger partial charge is 0.478 e. The van der Waals surface area contributed by atoms with Gasteiger partial charge >= 0.3 is 12.1 Å². The number of alkyl halides is 3. The SMILES string of the molecule is N/C=C(/C(=O)O)C(=Nc1cccc(OC(S)(S)S)n1)C(F)(F)F. The van der Waals surface area contributed by atoms with Gasteiger partial charge in [-0.15, -0.1) is 37.9 Å². The number of nitrogens with two attached hydrogens (primary N) is 1. The first-order valence-corrected chi connectivity index (χ1v) is 6.93. The molecule has 0 bridgehead atoms. The van der Waals surface area contributed by atoms with Crippen LogP contribution in [0.15, 0.2) is 35.0 Å². The van der Waals surface area contributed by atoms with Crippen molar-refractivity contribution in [3.63, 3.8) is 0 Å². The van der Waals surface area contributed by atoms with Crippen LogP contribution in [0.2, 0.25) is 0 Å². The highest BCUT2D eigenvalue weighted by molar-refractivity contribution is 8.16. The predicted molar refractivity (Wildman–Crippen MR) is 87.6 cm³/mol. The smallest absolute Gasteiger partial charge is 0.434 e. The number of aliphatic imine (C=N–C) groups is 1. The van der Waals surface area contributed by atoms with Crippen LogP contribution in [0.4, 0.5) is 19.0 Å². The number of aliphatic carboxylic acids is 1. The molecular weight excluding hydrogens is 375 g/mol. The lowest BCUT2D eigenvalue weighted by atomic mass is 10.1. The number of aromatic nitrogens is 1. The van der Waals surface area contributed by atoms with Crippen LogP contribution in [-0.2, 0) is 4.79 Å². The van der Waals surface area contributed by atoms with E-state index in [9.17, 15) is 18.0 Å². The Kier molecular flexibility index (Phi) is 6.25. The molecule has 1 aromatic heterocycles. The summed E-state index contributed by atoms with van der Waals surface area (Å²) in [7, 11) is 0. The molecule has 6 nitrogen and oxygen atoms in total. The van der Waals surface area contributed by atoms with Crippen molar-refractivity contribution in [3.8, 4) is 5.88 Å². The lowest BCUT2D eigenvalue weighted by Crippen LogP contribution is -2.29. The number of hydrogen-bond acceptors (Lipinski definition) is 8. The second kappa shape index (κ2) is 7.36. The molecule has 1 aromatic rings. The highest BCUT2D eigenvalue weighted by Gasteiger charge is 2.40. The third-order valence-corrected chi connectivity index (χ3v) is 2.37. The van der Waals surface area contributed by atoms with Crippen LogP contribution in [0, 0.1) is 0 Å². The quantitative estimate of drug-likeness (QED) is 0.232. The van der Waals surface area contributed by atoms with Gasteiger partial charge in [-0.3, -0.25) is 0 Å². The zero-order valence-corrected chi connectivity index (χ0v) is 13.7. The Morgan fingerprint density at radius 1 is 1.35 bits per heavy atom. The molecule has 0 radical (unpaired) electrons. The van der Waals surface area contributed by atoms with Gasteiger partial charge in [0.25, 0.3) is 0 Å². The third-order valence-electron chi connectivity index (χ3n) is 2.10. The number of thiol groups is 3. The summed E-state index contributed by atoms with van der Waals surface area (Å²) in [6, 6.07) is 3.72. The molecule has 0 saturated heterocycles. The molecule has 1 heterocycles. The first-order chi connectivity index (χ1) is 10.4. The van der Waals surface area contributed by atoms with Gasteiger partial charge in [-0.1, -0.05) is 6.07 Å². The number of carboxylic acid groups (broad SMARTS) is 1. The molecule has 12 heteroatoms. The maximum Gasteiger partial charge on any atom is 0.434 e. The maximum absolute atomic E-state index is 13.0. The molecule has 3 N–H and O–H groups in total. The normalized spacial score (nSPS) is 13.8. The van der Waals surface area contributed by atoms with E-state index < -0.39 is 32.8 Å². The van der Waals surface area contributed by atoms with Gasteiger partial charge < -0.3 is 15.6 Å². The van der Waals surface area contributed by atoms with Crippen molar-refractivity contribution in [1.29, 1.82) is 0 Å².